The summed E-state index contributed by atoms with van der Waals surface area (Å²) in [5.74, 6) is -6.88. The monoisotopic (exact) mass is 510 g/mol. The van der Waals surface area contributed by atoms with Crippen LogP contribution in [0.15, 0.2) is 24.3 Å². The normalized spacial score (nSPS) is 12.7. The lowest BCUT2D eigenvalue weighted by Gasteiger charge is -2.20. The molecule has 2 atom stereocenters. The van der Waals surface area contributed by atoms with Crippen molar-refractivity contribution in [1.29, 1.82) is 0 Å². The number of phenols is 3. The van der Waals surface area contributed by atoms with Crippen molar-refractivity contribution in [2.45, 2.75) is 58.0 Å². The van der Waals surface area contributed by atoms with Crippen LogP contribution >= 0.6 is 0 Å². The molecule has 0 radical (unpaired) electrons. The molecule has 2 aromatic rings. The Bertz CT molecular complexity index is 1070. The van der Waals surface area contributed by atoms with Crippen LogP contribution in [-0.2, 0) is 27.2 Å². The Morgan fingerprint density at radius 1 is 0.917 bits per heavy atom. The van der Waals surface area contributed by atoms with E-state index in [-0.39, 0.29) is 30.6 Å². The molecule has 0 aliphatic carbocycles. The summed E-state index contributed by atoms with van der Waals surface area (Å²) < 4.78 is 38.2. The Morgan fingerprint density at radius 2 is 1.56 bits per heavy atom. The molecule has 9 nitrogen and oxygen atoms in total. The fourth-order valence-corrected chi connectivity index (χ4v) is 3.32. The molecule has 11 heteroatoms. The molecule has 0 spiro atoms. The van der Waals surface area contributed by atoms with E-state index >= 15 is 0 Å². The van der Waals surface area contributed by atoms with Crippen LogP contribution in [0.4, 0.5) is 8.78 Å². The summed E-state index contributed by atoms with van der Waals surface area (Å²) in [6.07, 6.45) is 1.67. The summed E-state index contributed by atoms with van der Waals surface area (Å²) in [4.78, 5) is 24.9. The Balaban J connectivity index is 2.25. The number of halogens is 2. The summed E-state index contributed by atoms with van der Waals surface area (Å²) in [5.41, 5.74) is 5.94. The summed E-state index contributed by atoms with van der Waals surface area (Å²) in [6.45, 7) is 4.29. The average molecular weight is 511 g/mol. The second-order valence-corrected chi connectivity index (χ2v) is 8.25. The molecular weight excluding hydrogens is 478 g/mol. The van der Waals surface area contributed by atoms with Gasteiger partial charge >= 0.3 is 11.9 Å². The maximum atomic E-state index is 14.5. The molecule has 0 bridgehead atoms. The van der Waals surface area contributed by atoms with E-state index in [1.165, 1.54) is 12.1 Å². The molecule has 0 aliphatic rings. The van der Waals surface area contributed by atoms with Crippen molar-refractivity contribution >= 4 is 11.9 Å². The fourth-order valence-electron chi connectivity index (χ4n) is 3.32. The summed E-state index contributed by atoms with van der Waals surface area (Å²) in [7, 11) is 0. The lowest BCUT2D eigenvalue weighted by molar-refractivity contribution is -0.145. The van der Waals surface area contributed by atoms with E-state index in [0.717, 1.165) is 18.6 Å². The second kappa shape index (κ2) is 13.6. The Labute approximate surface area is 207 Å². The van der Waals surface area contributed by atoms with Gasteiger partial charge < -0.3 is 35.8 Å². The van der Waals surface area contributed by atoms with Crippen molar-refractivity contribution in [3.8, 4) is 23.0 Å². The van der Waals surface area contributed by atoms with Crippen molar-refractivity contribution in [3.63, 3.8) is 0 Å². The third-order valence-corrected chi connectivity index (χ3v) is 5.38. The van der Waals surface area contributed by atoms with Crippen molar-refractivity contribution in [2.24, 2.45) is 5.73 Å². The number of benzene rings is 2. The van der Waals surface area contributed by atoms with Crippen molar-refractivity contribution in [2.75, 3.05) is 13.2 Å². The lowest BCUT2D eigenvalue weighted by atomic mass is 10.0. The minimum Gasteiger partial charge on any atom is -0.504 e. The summed E-state index contributed by atoms with van der Waals surface area (Å²) >= 11 is 0. The zero-order valence-electron chi connectivity index (χ0n) is 20.2. The van der Waals surface area contributed by atoms with Gasteiger partial charge in [0.2, 0.25) is 5.75 Å². The van der Waals surface area contributed by atoms with Gasteiger partial charge in [0.15, 0.2) is 28.9 Å². The highest BCUT2D eigenvalue weighted by Gasteiger charge is 2.27. The Morgan fingerprint density at radius 3 is 2.19 bits per heavy atom. The molecule has 0 aliphatic heterocycles. The van der Waals surface area contributed by atoms with Crippen LogP contribution < -0.4 is 15.8 Å². The van der Waals surface area contributed by atoms with Crippen molar-refractivity contribution in [3.05, 3.63) is 47.0 Å². The number of rotatable bonds is 13. The zero-order chi connectivity index (χ0) is 26.8. The first-order valence-corrected chi connectivity index (χ1v) is 11.7. The van der Waals surface area contributed by atoms with Gasteiger partial charge in [-0.25, -0.2) is 13.6 Å². The molecule has 0 heterocycles. The number of hydrogen-bond acceptors (Lipinski definition) is 9. The van der Waals surface area contributed by atoms with Crippen LogP contribution in [0.25, 0.3) is 0 Å². The molecule has 198 valence electrons. The fraction of sp³-hybridized carbons (Fsp3) is 0.440. The third-order valence-electron chi connectivity index (χ3n) is 5.38. The maximum absolute atomic E-state index is 14.5. The largest absolute Gasteiger partial charge is 0.504 e. The smallest absolute Gasteiger partial charge is 0.329 e. The third kappa shape index (κ3) is 7.53. The summed E-state index contributed by atoms with van der Waals surface area (Å²) in [6, 6.07) is 2.04. The SMILES string of the molecule is CCCCN[C@@H](Cc1ccc(F)c(O)c1O)C(=O)Oc1c(F)ccc(C[C@H](N)C(=O)OCCC)c1O. The molecule has 2 rings (SSSR count). The van der Waals surface area contributed by atoms with E-state index in [4.69, 9.17) is 15.2 Å². The Kier molecular flexibility index (Phi) is 10.9. The lowest BCUT2D eigenvalue weighted by Crippen LogP contribution is -2.42. The number of aromatic hydroxyl groups is 3. The van der Waals surface area contributed by atoms with E-state index in [0.29, 0.717) is 19.4 Å². The van der Waals surface area contributed by atoms with Gasteiger partial charge in [-0.2, -0.15) is 0 Å². The van der Waals surface area contributed by atoms with Gasteiger partial charge in [0.25, 0.3) is 0 Å². The van der Waals surface area contributed by atoms with Crippen LogP contribution in [0.1, 0.15) is 44.2 Å². The summed E-state index contributed by atoms with van der Waals surface area (Å²) in [5, 5.41) is 33.2. The number of carbonyl (C=O) groups excluding carboxylic acids is 2. The van der Waals surface area contributed by atoms with Gasteiger partial charge in [0.1, 0.15) is 12.1 Å². The molecule has 36 heavy (non-hydrogen) atoms. The minimum atomic E-state index is -1.14. The van der Waals surface area contributed by atoms with Crippen LogP contribution in [-0.4, -0.2) is 52.5 Å². The van der Waals surface area contributed by atoms with Gasteiger partial charge in [-0.15, -0.1) is 0 Å². The van der Waals surface area contributed by atoms with E-state index in [2.05, 4.69) is 5.32 Å². The van der Waals surface area contributed by atoms with Crippen LogP contribution in [0.3, 0.4) is 0 Å². The van der Waals surface area contributed by atoms with Crippen LogP contribution in [0.5, 0.6) is 23.0 Å². The molecule has 0 saturated carbocycles. The van der Waals surface area contributed by atoms with Gasteiger partial charge in [0, 0.05) is 24.0 Å². The number of unbranched alkanes of at least 4 members (excludes halogenated alkanes) is 1. The van der Waals surface area contributed by atoms with E-state index in [1.54, 1.807) is 0 Å². The first-order chi connectivity index (χ1) is 17.1. The Hall–Kier alpha value is -3.44. The van der Waals surface area contributed by atoms with Crippen LogP contribution in [0.2, 0.25) is 0 Å². The topological polar surface area (TPSA) is 151 Å². The number of hydrogen-bond donors (Lipinski definition) is 5. The van der Waals surface area contributed by atoms with Gasteiger partial charge in [0.05, 0.1) is 6.61 Å². The van der Waals surface area contributed by atoms with Gasteiger partial charge in [-0.05, 0) is 31.5 Å². The maximum Gasteiger partial charge on any atom is 0.329 e. The van der Waals surface area contributed by atoms with Crippen molar-refractivity contribution in [1.82, 2.24) is 5.32 Å². The quantitative estimate of drug-likeness (QED) is 0.119. The highest BCUT2D eigenvalue weighted by molar-refractivity contribution is 5.80. The van der Waals surface area contributed by atoms with E-state index in [9.17, 15) is 33.7 Å². The molecule has 0 saturated heterocycles. The van der Waals surface area contributed by atoms with Gasteiger partial charge in [-0.3, -0.25) is 4.79 Å². The number of phenolic OH excluding ortho intramolecular Hbond substituents is 3. The molecule has 0 fully saturated rings. The van der Waals surface area contributed by atoms with E-state index < -0.39 is 58.7 Å². The molecule has 0 unspecified atom stereocenters. The predicted octanol–water partition coefficient (Wildman–Crippen LogP) is 2.81. The predicted molar refractivity (Wildman–Crippen MR) is 127 cm³/mol. The average Bonchev–Trinajstić information content (AvgIpc) is 2.86. The molecule has 0 aromatic heterocycles. The number of nitrogens with two attached hydrogens (primary N) is 1. The minimum absolute atomic E-state index is 0.0508. The zero-order valence-corrected chi connectivity index (χ0v) is 20.2. The number of carbonyl (C=O) groups is 2. The molecule has 0 amide bonds. The molecule has 2 aromatic carbocycles. The van der Waals surface area contributed by atoms with E-state index in [1.807, 2.05) is 13.8 Å². The van der Waals surface area contributed by atoms with Crippen molar-refractivity contribution < 1.29 is 43.2 Å². The highest BCUT2D eigenvalue weighted by atomic mass is 19.1. The molecular formula is C25H32F2N2O7. The first-order valence-electron chi connectivity index (χ1n) is 11.7. The molecule has 6 N–H and O–H groups in total. The number of ether oxygens (including phenoxy) is 2. The highest BCUT2D eigenvalue weighted by Crippen LogP contribution is 2.35. The standard InChI is InChI=1S/C25H32F2N2O7/c1-3-5-10-29-19(13-15-6-8-16(26)22(32)20(15)30)25(34)36-23-17(27)9-7-14(21(23)31)12-18(28)24(33)35-11-4-2/h6-9,18-19,29-32H,3-5,10-13,28H2,1-2H3/t18-,19-/m0/s1. The van der Waals surface area contributed by atoms with Gasteiger partial charge in [-0.1, -0.05) is 32.4 Å². The first kappa shape index (κ1) is 28.8. The van der Waals surface area contributed by atoms with Crippen LogP contribution in [0, 0.1) is 11.6 Å². The second-order valence-electron chi connectivity index (χ2n) is 8.25. The number of esters is 2. The number of nitrogens with one attached hydrogen (secondary N) is 1.